The van der Waals surface area contributed by atoms with Crippen LogP contribution in [0.15, 0.2) is 0 Å². The third-order valence-electron chi connectivity index (χ3n) is 3.30. The van der Waals surface area contributed by atoms with Gasteiger partial charge in [-0.25, -0.2) is 4.79 Å². The van der Waals surface area contributed by atoms with E-state index in [4.69, 9.17) is 10.6 Å². The number of carbonyl (C=O) groups excluding carboxylic acids is 1. The van der Waals surface area contributed by atoms with E-state index in [1.165, 1.54) is 0 Å². The second-order valence-electron chi connectivity index (χ2n) is 6.11. The van der Waals surface area contributed by atoms with Crippen molar-refractivity contribution in [2.75, 3.05) is 13.1 Å². The third-order valence-corrected chi connectivity index (χ3v) is 3.30. The lowest BCUT2D eigenvalue weighted by atomic mass is 9.61. The number of nitrogens with zero attached hydrogens (tertiary/aromatic N) is 1. The summed E-state index contributed by atoms with van der Waals surface area (Å²) in [6, 6.07) is 0.431. The summed E-state index contributed by atoms with van der Waals surface area (Å²) in [6.07, 6.45) is 1.95. The maximum absolute atomic E-state index is 11.7. The zero-order valence-corrected chi connectivity index (χ0v) is 10.2. The lowest BCUT2D eigenvalue weighted by Gasteiger charge is -2.58. The molecule has 0 aromatic carbocycles. The van der Waals surface area contributed by atoms with Gasteiger partial charge in [0.1, 0.15) is 5.60 Å². The summed E-state index contributed by atoms with van der Waals surface area (Å²) in [7, 11) is 0. The van der Waals surface area contributed by atoms with Gasteiger partial charge in [0.2, 0.25) is 0 Å². The number of ether oxygens (including phenoxy) is 1. The molecule has 2 fully saturated rings. The highest BCUT2D eigenvalue weighted by atomic mass is 16.6. The van der Waals surface area contributed by atoms with Gasteiger partial charge in [-0.15, -0.1) is 0 Å². The van der Waals surface area contributed by atoms with Crippen molar-refractivity contribution in [3.05, 3.63) is 0 Å². The molecule has 1 saturated carbocycles. The van der Waals surface area contributed by atoms with Gasteiger partial charge < -0.3 is 9.64 Å². The zero-order valence-electron chi connectivity index (χ0n) is 10.2. The van der Waals surface area contributed by atoms with E-state index in [0.717, 1.165) is 25.9 Å². The van der Waals surface area contributed by atoms with Gasteiger partial charge >= 0.3 is 6.09 Å². The monoisotopic (exact) mass is 227 g/mol. The van der Waals surface area contributed by atoms with Gasteiger partial charge in [0.25, 0.3) is 0 Å². The summed E-state index contributed by atoms with van der Waals surface area (Å²) in [4.78, 5) is 13.5. The van der Waals surface area contributed by atoms with Crippen molar-refractivity contribution >= 4 is 6.09 Å². The topological polar surface area (TPSA) is 67.6 Å². The van der Waals surface area contributed by atoms with Gasteiger partial charge in [0, 0.05) is 24.5 Å². The Morgan fingerprint density at radius 2 is 2.00 bits per heavy atom. The van der Waals surface area contributed by atoms with E-state index in [0.29, 0.717) is 11.5 Å². The molecule has 1 amide bonds. The number of nitrogens with two attached hydrogens (primary N) is 1. The van der Waals surface area contributed by atoms with Gasteiger partial charge in [0.15, 0.2) is 0 Å². The molecule has 2 aliphatic rings. The van der Waals surface area contributed by atoms with Crippen LogP contribution >= 0.6 is 0 Å². The van der Waals surface area contributed by atoms with Crippen molar-refractivity contribution in [1.82, 2.24) is 10.3 Å². The molecule has 0 atom stereocenters. The SMILES string of the molecule is CC(C)(C)OC(=O)N1CC2(CC(NN)C2)C1. The van der Waals surface area contributed by atoms with Crippen molar-refractivity contribution in [3.8, 4) is 0 Å². The highest BCUT2D eigenvalue weighted by molar-refractivity contribution is 5.69. The Morgan fingerprint density at radius 3 is 2.44 bits per heavy atom. The summed E-state index contributed by atoms with van der Waals surface area (Å²) in [6.45, 7) is 7.30. The van der Waals surface area contributed by atoms with E-state index < -0.39 is 5.60 Å². The third kappa shape index (κ3) is 2.15. The maximum atomic E-state index is 11.7. The highest BCUT2D eigenvalue weighted by Gasteiger charge is 2.54. The van der Waals surface area contributed by atoms with E-state index in [2.05, 4.69) is 5.43 Å². The molecule has 1 aliphatic carbocycles. The van der Waals surface area contributed by atoms with Crippen LogP contribution in [0.3, 0.4) is 0 Å². The summed E-state index contributed by atoms with van der Waals surface area (Å²) in [5, 5.41) is 0. The second-order valence-corrected chi connectivity index (χ2v) is 6.11. The Bertz CT molecular complexity index is 284. The summed E-state index contributed by atoms with van der Waals surface area (Å²) in [5.74, 6) is 5.36. The first kappa shape index (κ1) is 11.7. The summed E-state index contributed by atoms with van der Waals surface area (Å²) < 4.78 is 5.30. The fraction of sp³-hybridized carbons (Fsp3) is 0.909. The fourth-order valence-corrected chi connectivity index (χ4v) is 2.58. The van der Waals surface area contributed by atoms with Crippen LogP contribution in [0.1, 0.15) is 33.6 Å². The van der Waals surface area contributed by atoms with Crippen LogP contribution < -0.4 is 11.3 Å². The molecule has 5 heteroatoms. The van der Waals surface area contributed by atoms with Crippen molar-refractivity contribution in [2.24, 2.45) is 11.3 Å². The van der Waals surface area contributed by atoms with Gasteiger partial charge in [-0.3, -0.25) is 11.3 Å². The minimum Gasteiger partial charge on any atom is -0.444 e. The molecule has 1 saturated heterocycles. The molecule has 3 N–H and O–H groups in total. The first-order valence-corrected chi connectivity index (χ1v) is 5.78. The van der Waals surface area contributed by atoms with Crippen molar-refractivity contribution in [2.45, 2.75) is 45.3 Å². The predicted molar refractivity (Wildman–Crippen MR) is 60.6 cm³/mol. The molecule has 2 rings (SSSR count). The average Bonchev–Trinajstić information content (AvgIpc) is 1.95. The van der Waals surface area contributed by atoms with Crippen LogP contribution in [-0.2, 0) is 4.74 Å². The number of hydrazine groups is 1. The van der Waals surface area contributed by atoms with Crippen LogP contribution in [0.2, 0.25) is 0 Å². The van der Waals surface area contributed by atoms with E-state index in [1.807, 2.05) is 20.8 Å². The Morgan fingerprint density at radius 1 is 1.44 bits per heavy atom. The Labute approximate surface area is 96.3 Å². The van der Waals surface area contributed by atoms with Crippen molar-refractivity contribution in [3.63, 3.8) is 0 Å². The molecule has 1 aliphatic heterocycles. The molecule has 1 spiro atoms. The fourth-order valence-electron chi connectivity index (χ4n) is 2.58. The van der Waals surface area contributed by atoms with Crippen molar-refractivity contribution in [1.29, 1.82) is 0 Å². The van der Waals surface area contributed by atoms with Gasteiger partial charge in [-0.1, -0.05) is 0 Å². The van der Waals surface area contributed by atoms with Crippen LogP contribution in [0.5, 0.6) is 0 Å². The van der Waals surface area contributed by atoms with Crippen LogP contribution in [0.25, 0.3) is 0 Å². The van der Waals surface area contributed by atoms with E-state index >= 15 is 0 Å². The average molecular weight is 227 g/mol. The number of hydrogen-bond donors (Lipinski definition) is 2. The number of carbonyl (C=O) groups is 1. The van der Waals surface area contributed by atoms with Gasteiger partial charge in [0.05, 0.1) is 0 Å². The molecule has 0 bridgehead atoms. The molecule has 0 radical (unpaired) electrons. The lowest BCUT2D eigenvalue weighted by Crippen LogP contribution is -2.68. The molecular weight excluding hydrogens is 206 g/mol. The van der Waals surface area contributed by atoms with E-state index in [-0.39, 0.29) is 6.09 Å². The standard InChI is InChI=1S/C11H21N3O2/c1-10(2,3)16-9(15)14-6-11(7-14)4-8(5-11)13-12/h8,13H,4-7,12H2,1-3H3. The number of nitrogens with one attached hydrogen (secondary N) is 1. The first-order chi connectivity index (χ1) is 7.34. The zero-order chi connectivity index (χ0) is 12.0. The maximum Gasteiger partial charge on any atom is 0.410 e. The van der Waals surface area contributed by atoms with E-state index in [9.17, 15) is 4.79 Å². The predicted octanol–water partition coefficient (Wildman–Crippen LogP) is 0.849. The minimum absolute atomic E-state index is 0.192. The molecule has 1 heterocycles. The number of amides is 1. The number of likely N-dealkylation sites (tertiary alicyclic amines) is 1. The minimum atomic E-state index is -0.402. The van der Waals surface area contributed by atoms with Crippen LogP contribution in [0, 0.1) is 5.41 Å². The molecule has 92 valence electrons. The van der Waals surface area contributed by atoms with E-state index in [1.54, 1.807) is 4.90 Å². The van der Waals surface area contributed by atoms with Crippen LogP contribution in [0.4, 0.5) is 4.79 Å². The summed E-state index contributed by atoms with van der Waals surface area (Å²) >= 11 is 0. The second kappa shape index (κ2) is 3.60. The number of hydrogen-bond acceptors (Lipinski definition) is 4. The molecule has 0 aromatic rings. The first-order valence-electron chi connectivity index (χ1n) is 5.78. The quantitative estimate of drug-likeness (QED) is 0.515. The Balaban J connectivity index is 1.75. The molecule has 0 aromatic heterocycles. The highest BCUT2D eigenvalue weighted by Crippen LogP contribution is 2.48. The Hall–Kier alpha value is -0.810. The lowest BCUT2D eigenvalue weighted by molar-refractivity contribution is -0.0827. The largest absolute Gasteiger partial charge is 0.444 e. The van der Waals surface area contributed by atoms with Gasteiger partial charge in [-0.2, -0.15) is 0 Å². The Kier molecular flexibility index (Phi) is 2.62. The van der Waals surface area contributed by atoms with Crippen LogP contribution in [-0.4, -0.2) is 35.7 Å². The normalized spacial score (nSPS) is 23.9. The smallest absolute Gasteiger partial charge is 0.410 e. The molecular formula is C11H21N3O2. The molecule has 16 heavy (non-hydrogen) atoms. The molecule has 5 nitrogen and oxygen atoms in total. The van der Waals surface area contributed by atoms with Gasteiger partial charge in [-0.05, 0) is 33.6 Å². The molecule has 0 unspecified atom stereocenters. The van der Waals surface area contributed by atoms with Crippen molar-refractivity contribution < 1.29 is 9.53 Å². The number of rotatable bonds is 1. The summed E-state index contributed by atoms with van der Waals surface area (Å²) in [5.41, 5.74) is 2.70.